The van der Waals surface area contributed by atoms with Crippen LogP contribution in [-0.2, 0) is 15.1 Å². The number of aliphatic carboxylic acids is 1. The number of rotatable bonds is 4. The first-order valence-electron chi connectivity index (χ1n) is 4.82. The molecule has 0 aliphatic carbocycles. The summed E-state index contributed by atoms with van der Waals surface area (Å²) in [6.07, 6.45) is -6.23. The molecular formula is C11H10F4O3. The van der Waals surface area contributed by atoms with E-state index in [1.54, 1.807) is 0 Å². The highest BCUT2D eigenvalue weighted by Crippen LogP contribution is 2.44. The van der Waals surface area contributed by atoms with Crippen LogP contribution in [0.5, 0.6) is 0 Å². The Kier molecular flexibility index (Phi) is 3.95. The first kappa shape index (κ1) is 14.4. The van der Waals surface area contributed by atoms with E-state index < -0.39 is 35.5 Å². The van der Waals surface area contributed by atoms with Crippen LogP contribution in [0.1, 0.15) is 12.0 Å². The van der Waals surface area contributed by atoms with Crippen molar-refractivity contribution in [3.63, 3.8) is 0 Å². The Balaban J connectivity index is 3.34. The van der Waals surface area contributed by atoms with E-state index >= 15 is 0 Å². The highest BCUT2D eigenvalue weighted by molar-refractivity contribution is 5.69. The number of methoxy groups -OCH3 is 1. The molecule has 1 aromatic carbocycles. The molecule has 3 nitrogen and oxygen atoms in total. The zero-order valence-corrected chi connectivity index (χ0v) is 9.29. The molecule has 1 N–H and O–H groups in total. The topological polar surface area (TPSA) is 46.5 Å². The van der Waals surface area contributed by atoms with Crippen molar-refractivity contribution < 1.29 is 32.2 Å². The Bertz CT molecular complexity index is 427. The standard InChI is InChI=1S/C11H10F4O3/c1-18-10(6-9(16)17,11(13,14)15)7-2-4-8(12)5-3-7/h2-5H,6H2,1H3,(H,16,17). The van der Waals surface area contributed by atoms with Crippen molar-refractivity contribution in [3.05, 3.63) is 35.6 Å². The summed E-state index contributed by atoms with van der Waals surface area (Å²) >= 11 is 0. The third-order valence-electron chi connectivity index (χ3n) is 2.52. The predicted octanol–water partition coefficient (Wildman–Crippen LogP) is 2.70. The third kappa shape index (κ3) is 2.61. The maximum Gasteiger partial charge on any atom is 0.422 e. The average molecular weight is 266 g/mol. The van der Waals surface area contributed by atoms with E-state index in [-0.39, 0.29) is 0 Å². The second-order valence-electron chi connectivity index (χ2n) is 3.61. The van der Waals surface area contributed by atoms with Crippen LogP contribution in [0.2, 0.25) is 0 Å². The molecule has 0 saturated carbocycles. The number of halogens is 4. The molecule has 0 spiro atoms. The summed E-state index contributed by atoms with van der Waals surface area (Å²) in [6.45, 7) is 0. The van der Waals surface area contributed by atoms with Crippen LogP contribution in [0.15, 0.2) is 24.3 Å². The maximum atomic E-state index is 13.0. The molecule has 0 aliphatic rings. The molecule has 1 rings (SSSR count). The molecule has 1 unspecified atom stereocenters. The van der Waals surface area contributed by atoms with E-state index in [0.29, 0.717) is 0 Å². The van der Waals surface area contributed by atoms with Gasteiger partial charge in [-0.25, -0.2) is 4.39 Å². The summed E-state index contributed by atoms with van der Waals surface area (Å²) in [6, 6.07) is 3.35. The minimum Gasteiger partial charge on any atom is -0.481 e. The molecule has 0 radical (unpaired) electrons. The van der Waals surface area contributed by atoms with Crippen molar-refractivity contribution in [1.82, 2.24) is 0 Å². The van der Waals surface area contributed by atoms with Gasteiger partial charge in [0.05, 0.1) is 6.42 Å². The van der Waals surface area contributed by atoms with Gasteiger partial charge in [0.1, 0.15) is 5.82 Å². The van der Waals surface area contributed by atoms with Crippen LogP contribution >= 0.6 is 0 Å². The minimum absolute atomic E-state index is 0.457. The largest absolute Gasteiger partial charge is 0.481 e. The molecule has 0 amide bonds. The summed E-state index contributed by atoms with van der Waals surface area (Å²) in [5.41, 5.74) is -3.44. The quantitative estimate of drug-likeness (QED) is 0.852. The van der Waals surface area contributed by atoms with Gasteiger partial charge in [0.2, 0.25) is 0 Å². The van der Waals surface area contributed by atoms with E-state index in [2.05, 4.69) is 4.74 Å². The molecule has 0 bridgehead atoms. The van der Waals surface area contributed by atoms with Crippen molar-refractivity contribution >= 4 is 5.97 Å². The van der Waals surface area contributed by atoms with Crippen LogP contribution in [-0.4, -0.2) is 24.4 Å². The minimum atomic E-state index is -4.93. The van der Waals surface area contributed by atoms with E-state index in [0.717, 1.165) is 31.4 Å². The van der Waals surface area contributed by atoms with Gasteiger partial charge in [-0.05, 0) is 17.7 Å². The Morgan fingerprint density at radius 1 is 1.28 bits per heavy atom. The number of benzene rings is 1. The van der Waals surface area contributed by atoms with E-state index in [1.165, 1.54) is 0 Å². The predicted molar refractivity (Wildman–Crippen MR) is 53.4 cm³/mol. The summed E-state index contributed by atoms with van der Waals surface area (Å²) in [4.78, 5) is 10.6. The number of carboxylic acids is 1. The lowest BCUT2D eigenvalue weighted by Gasteiger charge is -2.33. The van der Waals surface area contributed by atoms with Gasteiger partial charge in [-0.1, -0.05) is 12.1 Å². The zero-order chi connectivity index (χ0) is 14.0. The van der Waals surface area contributed by atoms with Gasteiger partial charge in [0, 0.05) is 7.11 Å². The van der Waals surface area contributed by atoms with Gasteiger partial charge in [-0.2, -0.15) is 13.2 Å². The highest BCUT2D eigenvalue weighted by Gasteiger charge is 2.58. The van der Waals surface area contributed by atoms with Crippen molar-refractivity contribution in [3.8, 4) is 0 Å². The Labute approximate surface area is 100.0 Å². The van der Waals surface area contributed by atoms with Crippen molar-refractivity contribution in [2.75, 3.05) is 7.11 Å². The molecular weight excluding hydrogens is 256 g/mol. The fraction of sp³-hybridized carbons (Fsp3) is 0.364. The molecule has 18 heavy (non-hydrogen) atoms. The van der Waals surface area contributed by atoms with Crippen LogP contribution in [0.3, 0.4) is 0 Å². The summed E-state index contributed by atoms with van der Waals surface area (Å²) in [5.74, 6) is -2.39. The van der Waals surface area contributed by atoms with Crippen LogP contribution < -0.4 is 0 Å². The maximum absolute atomic E-state index is 13.0. The summed E-state index contributed by atoms with van der Waals surface area (Å²) < 4.78 is 56.2. The first-order chi connectivity index (χ1) is 8.23. The second-order valence-corrected chi connectivity index (χ2v) is 3.61. The Morgan fingerprint density at radius 2 is 1.78 bits per heavy atom. The molecule has 0 fully saturated rings. The van der Waals surface area contributed by atoms with Crippen molar-refractivity contribution in [1.29, 1.82) is 0 Å². The van der Waals surface area contributed by atoms with Crippen LogP contribution in [0.25, 0.3) is 0 Å². The number of alkyl halides is 3. The summed E-state index contributed by atoms with van der Waals surface area (Å²) in [5, 5.41) is 8.61. The zero-order valence-electron chi connectivity index (χ0n) is 9.29. The van der Waals surface area contributed by atoms with Gasteiger partial charge < -0.3 is 9.84 Å². The van der Waals surface area contributed by atoms with Gasteiger partial charge in [0.25, 0.3) is 0 Å². The smallest absolute Gasteiger partial charge is 0.422 e. The molecule has 0 aromatic heterocycles. The third-order valence-corrected chi connectivity index (χ3v) is 2.52. The van der Waals surface area contributed by atoms with Crippen molar-refractivity contribution in [2.24, 2.45) is 0 Å². The Hall–Kier alpha value is -1.63. The number of ether oxygens (including phenoxy) is 1. The number of hydrogen-bond acceptors (Lipinski definition) is 2. The average Bonchev–Trinajstić information content (AvgIpc) is 2.25. The molecule has 100 valence electrons. The lowest BCUT2D eigenvalue weighted by molar-refractivity contribution is -0.279. The van der Waals surface area contributed by atoms with E-state index in [9.17, 15) is 22.4 Å². The molecule has 7 heteroatoms. The van der Waals surface area contributed by atoms with Crippen LogP contribution in [0.4, 0.5) is 17.6 Å². The van der Waals surface area contributed by atoms with Gasteiger partial charge in [-0.3, -0.25) is 4.79 Å². The molecule has 1 aromatic rings. The first-order valence-corrected chi connectivity index (χ1v) is 4.82. The summed E-state index contributed by atoms with van der Waals surface area (Å²) in [7, 11) is 0.764. The fourth-order valence-corrected chi connectivity index (χ4v) is 1.60. The van der Waals surface area contributed by atoms with Crippen molar-refractivity contribution in [2.45, 2.75) is 18.2 Å². The van der Waals surface area contributed by atoms with Gasteiger partial charge >= 0.3 is 12.1 Å². The monoisotopic (exact) mass is 266 g/mol. The van der Waals surface area contributed by atoms with Crippen LogP contribution in [0, 0.1) is 5.82 Å². The lowest BCUT2D eigenvalue weighted by atomic mass is 9.89. The second kappa shape index (κ2) is 4.93. The molecule has 0 saturated heterocycles. The normalized spacial score (nSPS) is 15.2. The van der Waals surface area contributed by atoms with E-state index in [4.69, 9.17) is 5.11 Å². The SMILES string of the molecule is COC(CC(=O)O)(c1ccc(F)cc1)C(F)(F)F. The number of hydrogen-bond donors (Lipinski definition) is 1. The molecule has 0 heterocycles. The number of carboxylic acid groups (broad SMARTS) is 1. The highest BCUT2D eigenvalue weighted by atomic mass is 19.4. The van der Waals surface area contributed by atoms with E-state index in [1.807, 2.05) is 0 Å². The van der Waals surface area contributed by atoms with Gasteiger partial charge in [-0.15, -0.1) is 0 Å². The lowest BCUT2D eigenvalue weighted by Crippen LogP contribution is -2.45. The van der Waals surface area contributed by atoms with Gasteiger partial charge in [0.15, 0.2) is 5.60 Å². The molecule has 0 aliphatic heterocycles. The number of carbonyl (C=O) groups is 1. The molecule has 1 atom stereocenters. The fourth-order valence-electron chi connectivity index (χ4n) is 1.60. The Morgan fingerprint density at radius 3 is 2.11 bits per heavy atom.